The molecule has 0 spiro atoms. The molecule has 5 heteroatoms. The number of nitrogens with one attached hydrogen (secondary N) is 1. The lowest BCUT2D eigenvalue weighted by atomic mass is 10.1. The number of carbonyl (C=O) groups excluding carboxylic acids is 1. The maximum atomic E-state index is 12.1. The Morgan fingerprint density at radius 2 is 2.08 bits per heavy atom. The zero-order chi connectivity index (χ0) is 16.8. The van der Waals surface area contributed by atoms with Crippen LogP contribution in [0.2, 0.25) is 0 Å². The molecule has 122 valence electrons. The molecule has 4 nitrogen and oxygen atoms in total. The van der Waals surface area contributed by atoms with E-state index in [9.17, 15) is 4.79 Å². The fourth-order valence-corrected chi connectivity index (χ4v) is 3.07. The molecule has 0 aliphatic heterocycles. The third-order valence-electron chi connectivity index (χ3n) is 3.59. The Morgan fingerprint density at radius 3 is 2.88 bits per heavy atom. The monoisotopic (exact) mass is 338 g/mol. The van der Waals surface area contributed by atoms with Gasteiger partial charge in [-0.1, -0.05) is 18.2 Å². The summed E-state index contributed by atoms with van der Waals surface area (Å²) < 4.78 is 5.18. The topological polar surface area (TPSA) is 51.2 Å². The fraction of sp³-hybridized carbons (Fsp3) is 0.158. The Balaban J connectivity index is 1.59. The van der Waals surface area contributed by atoms with Gasteiger partial charge in [-0.15, -0.1) is 11.3 Å². The van der Waals surface area contributed by atoms with Gasteiger partial charge in [0.1, 0.15) is 5.75 Å². The molecule has 0 radical (unpaired) electrons. The molecular weight excluding hydrogens is 320 g/mol. The van der Waals surface area contributed by atoms with Crippen LogP contribution < -0.4 is 10.1 Å². The molecule has 0 aliphatic rings. The zero-order valence-corrected chi connectivity index (χ0v) is 14.2. The van der Waals surface area contributed by atoms with E-state index in [4.69, 9.17) is 4.74 Å². The van der Waals surface area contributed by atoms with Crippen molar-refractivity contribution in [3.8, 4) is 16.3 Å². The predicted octanol–water partition coefficient (Wildman–Crippen LogP) is 3.68. The molecule has 0 fully saturated rings. The lowest BCUT2D eigenvalue weighted by Crippen LogP contribution is -2.24. The Morgan fingerprint density at radius 1 is 1.17 bits per heavy atom. The van der Waals surface area contributed by atoms with E-state index in [2.05, 4.69) is 10.3 Å². The van der Waals surface area contributed by atoms with E-state index in [1.165, 1.54) is 0 Å². The van der Waals surface area contributed by atoms with E-state index in [-0.39, 0.29) is 5.91 Å². The quantitative estimate of drug-likeness (QED) is 0.746. The number of rotatable bonds is 6. The van der Waals surface area contributed by atoms with E-state index in [0.717, 1.165) is 27.4 Å². The fourth-order valence-electron chi connectivity index (χ4n) is 2.37. The second kappa shape index (κ2) is 7.75. The van der Waals surface area contributed by atoms with Crippen molar-refractivity contribution in [2.45, 2.75) is 13.0 Å². The highest BCUT2D eigenvalue weighted by atomic mass is 32.1. The summed E-state index contributed by atoms with van der Waals surface area (Å²) in [5, 5.41) is 4.98. The van der Waals surface area contributed by atoms with Crippen LogP contribution in [0.3, 0.4) is 0 Å². The van der Waals surface area contributed by atoms with Crippen molar-refractivity contribution in [3.63, 3.8) is 0 Å². The second-order valence-electron chi connectivity index (χ2n) is 5.33. The van der Waals surface area contributed by atoms with Crippen molar-refractivity contribution in [3.05, 3.63) is 71.2 Å². The standard InChI is InChI=1S/C19H18N2O2S/c1-23-16-5-2-4-14(10-16)12-19(22)21-13-15-7-8-20-17(11-15)18-6-3-9-24-18/h2-11H,12-13H2,1H3,(H,21,22). The summed E-state index contributed by atoms with van der Waals surface area (Å²) in [5.74, 6) is 0.743. The van der Waals surface area contributed by atoms with Crippen molar-refractivity contribution in [2.75, 3.05) is 7.11 Å². The minimum atomic E-state index is -0.0160. The lowest BCUT2D eigenvalue weighted by molar-refractivity contribution is -0.120. The molecule has 1 amide bonds. The summed E-state index contributed by atoms with van der Waals surface area (Å²) in [6.07, 6.45) is 2.11. The zero-order valence-electron chi connectivity index (χ0n) is 13.4. The molecule has 3 rings (SSSR count). The first kappa shape index (κ1) is 16.2. The van der Waals surface area contributed by atoms with Crippen LogP contribution in [-0.2, 0) is 17.8 Å². The number of hydrogen-bond acceptors (Lipinski definition) is 4. The van der Waals surface area contributed by atoms with Crippen LogP contribution in [0.5, 0.6) is 5.75 Å². The number of carbonyl (C=O) groups is 1. The Kier molecular flexibility index (Phi) is 5.23. The highest BCUT2D eigenvalue weighted by molar-refractivity contribution is 7.13. The van der Waals surface area contributed by atoms with Crippen LogP contribution in [0.4, 0.5) is 0 Å². The van der Waals surface area contributed by atoms with Crippen LogP contribution >= 0.6 is 11.3 Å². The van der Waals surface area contributed by atoms with E-state index in [1.54, 1.807) is 24.6 Å². The maximum Gasteiger partial charge on any atom is 0.224 e. The van der Waals surface area contributed by atoms with Crippen molar-refractivity contribution < 1.29 is 9.53 Å². The molecule has 1 aromatic carbocycles. The first-order valence-electron chi connectivity index (χ1n) is 7.63. The van der Waals surface area contributed by atoms with Crippen LogP contribution in [-0.4, -0.2) is 18.0 Å². The number of ether oxygens (including phenoxy) is 1. The van der Waals surface area contributed by atoms with Gasteiger partial charge >= 0.3 is 0 Å². The lowest BCUT2D eigenvalue weighted by Gasteiger charge is -2.07. The summed E-state index contributed by atoms with van der Waals surface area (Å²) >= 11 is 1.65. The summed E-state index contributed by atoms with van der Waals surface area (Å²) in [4.78, 5) is 17.6. The SMILES string of the molecule is COc1cccc(CC(=O)NCc2ccnc(-c3cccs3)c2)c1. The number of hydrogen-bond donors (Lipinski definition) is 1. The van der Waals surface area contributed by atoms with E-state index in [0.29, 0.717) is 13.0 Å². The molecule has 24 heavy (non-hydrogen) atoms. The maximum absolute atomic E-state index is 12.1. The van der Waals surface area contributed by atoms with Gasteiger partial charge in [0.25, 0.3) is 0 Å². The molecule has 0 saturated carbocycles. The molecule has 1 N–H and O–H groups in total. The number of amides is 1. The smallest absolute Gasteiger partial charge is 0.224 e. The van der Waals surface area contributed by atoms with Gasteiger partial charge in [-0.25, -0.2) is 0 Å². The van der Waals surface area contributed by atoms with Crippen molar-refractivity contribution >= 4 is 17.2 Å². The first-order chi connectivity index (χ1) is 11.7. The number of pyridine rings is 1. The normalized spacial score (nSPS) is 10.4. The van der Waals surface area contributed by atoms with Crippen molar-refractivity contribution in [1.29, 1.82) is 0 Å². The van der Waals surface area contributed by atoms with Gasteiger partial charge in [0, 0.05) is 12.7 Å². The molecule has 2 heterocycles. The molecule has 0 bridgehead atoms. The number of benzene rings is 1. The van der Waals surface area contributed by atoms with E-state index < -0.39 is 0 Å². The molecule has 2 aromatic heterocycles. The molecule has 0 unspecified atom stereocenters. The average molecular weight is 338 g/mol. The minimum Gasteiger partial charge on any atom is -0.497 e. The highest BCUT2D eigenvalue weighted by Gasteiger charge is 2.06. The number of nitrogens with zero attached hydrogens (tertiary/aromatic N) is 1. The molecule has 0 aliphatic carbocycles. The third kappa shape index (κ3) is 4.20. The van der Waals surface area contributed by atoms with Crippen LogP contribution in [0.25, 0.3) is 10.6 Å². The van der Waals surface area contributed by atoms with Gasteiger partial charge < -0.3 is 10.1 Å². The number of methoxy groups -OCH3 is 1. The van der Waals surface area contributed by atoms with Gasteiger partial charge in [0.15, 0.2) is 0 Å². The molecule has 0 atom stereocenters. The molecule has 3 aromatic rings. The van der Waals surface area contributed by atoms with Gasteiger partial charge in [-0.05, 0) is 46.8 Å². The van der Waals surface area contributed by atoms with Gasteiger partial charge in [0.05, 0.1) is 24.1 Å². The Bertz CT molecular complexity index is 816. The average Bonchev–Trinajstić information content (AvgIpc) is 3.15. The van der Waals surface area contributed by atoms with Crippen LogP contribution in [0.1, 0.15) is 11.1 Å². The summed E-state index contributed by atoms with van der Waals surface area (Å²) in [6, 6.07) is 15.5. The highest BCUT2D eigenvalue weighted by Crippen LogP contribution is 2.23. The first-order valence-corrected chi connectivity index (χ1v) is 8.51. The summed E-state index contributed by atoms with van der Waals surface area (Å²) in [7, 11) is 1.62. The minimum absolute atomic E-state index is 0.0160. The van der Waals surface area contributed by atoms with Gasteiger partial charge in [0.2, 0.25) is 5.91 Å². The number of thiophene rings is 1. The van der Waals surface area contributed by atoms with Crippen LogP contribution in [0.15, 0.2) is 60.1 Å². The van der Waals surface area contributed by atoms with Crippen LogP contribution in [0, 0.1) is 0 Å². The van der Waals surface area contributed by atoms with Crippen molar-refractivity contribution in [2.24, 2.45) is 0 Å². The third-order valence-corrected chi connectivity index (χ3v) is 4.48. The number of aromatic nitrogens is 1. The second-order valence-corrected chi connectivity index (χ2v) is 6.28. The largest absolute Gasteiger partial charge is 0.497 e. The Hall–Kier alpha value is -2.66. The van der Waals surface area contributed by atoms with E-state index in [1.807, 2.05) is 53.9 Å². The van der Waals surface area contributed by atoms with Gasteiger partial charge in [-0.3, -0.25) is 9.78 Å². The van der Waals surface area contributed by atoms with Crippen molar-refractivity contribution in [1.82, 2.24) is 10.3 Å². The molecule has 0 saturated heterocycles. The summed E-state index contributed by atoms with van der Waals surface area (Å²) in [6.45, 7) is 0.490. The van der Waals surface area contributed by atoms with Gasteiger partial charge in [-0.2, -0.15) is 0 Å². The molecular formula is C19H18N2O2S. The summed E-state index contributed by atoms with van der Waals surface area (Å²) in [5.41, 5.74) is 2.90. The van der Waals surface area contributed by atoms with E-state index >= 15 is 0 Å². The predicted molar refractivity (Wildman–Crippen MR) is 96.1 cm³/mol. The Labute approximate surface area is 145 Å².